The second-order valence-electron chi connectivity index (χ2n) is 5.14. The molecule has 0 radical (unpaired) electrons. The molecule has 0 amide bonds. The van der Waals surface area contributed by atoms with Crippen molar-refractivity contribution < 1.29 is 0 Å². The van der Waals surface area contributed by atoms with Gasteiger partial charge < -0.3 is 5.73 Å². The highest BCUT2D eigenvalue weighted by Gasteiger charge is 2.13. The third kappa shape index (κ3) is 3.09. The van der Waals surface area contributed by atoms with Gasteiger partial charge in [0, 0.05) is 16.3 Å². The first-order valence-corrected chi connectivity index (χ1v) is 6.84. The highest BCUT2D eigenvalue weighted by atomic mass is 35.5. The molecule has 20 heavy (non-hydrogen) atoms. The van der Waals surface area contributed by atoms with E-state index in [1.165, 1.54) is 0 Å². The highest BCUT2D eigenvalue weighted by molar-refractivity contribution is 6.30. The molecule has 4 heteroatoms. The molecule has 0 unspecified atom stereocenters. The van der Waals surface area contributed by atoms with E-state index >= 15 is 0 Å². The summed E-state index contributed by atoms with van der Waals surface area (Å²) in [6.07, 6.45) is 0.830. The lowest BCUT2D eigenvalue weighted by Gasteiger charge is -2.11. The van der Waals surface area contributed by atoms with E-state index in [1.807, 2.05) is 18.2 Å². The van der Waals surface area contributed by atoms with E-state index < -0.39 is 0 Å². The predicted octanol–water partition coefficient (Wildman–Crippen LogP) is 4.05. The molecule has 0 bridgehead atoms. The summed E-state index contributed by atoms with van der Waals surface area (Å²) >= 11 is 5.90. The number of hydrogen-bond donors (Lipinski definition) is 1. The molecule has 1 aromatic heterocycles. The van der Waals surface area contributed by atoms with Crippen LogP contribution in [-0.2, 0) is 6.42 Å². The smallest absolute Gasteiger partial charge is 0.142 e. The molecule has 2 aromatic rings. The van der Waals surface area contributed by atoms with Crippen molar-refractivity contribution in [1.29, 1.82) is 5.26 Å². The topological polar surface area (TPSA) is 62.7 Å². The van der Waals surface area contributed by atoms with Crippen LogP contribution in [0.4, 0.5) is 5.82 Å². The zero-order valence-corrected chi connectivity index (χ0v) is 12.3. The van der Waals surface area contributed by atoms with Crippen LogP contribution in [0.5, 0.6) is 0 Å². The summed E-state index contributed by atoms with van der Waals surface area (Å²) < 4.78 is 0. The Balaban J connectivity index is 2.57. The Morgan fingerprint density at radius 1 is 1.30 bits per heavy atom. The zero-order chi connectivity index (χ0) is 14.7. The Bertz CT molecular complexity index is 655. The lowest BCUT2D eigenvalue weighted by molar-refractivity contribution is 0.636. The fourth-order valence-electron chi connectivity index (χ4n) is 2.12. The number of hydrogen-bond acceptors (Lipinski definition) is 3. The fourth-order valence-corrected chi connectivity index (χ4v) is 2.24. The van der Waals surface area contributed by atoms with Crippen LogP contribution >= 0.6 is 11.6 Å². The van der Waals surface area contributed by atoms with E-state index in [0.29, 0.717) is 16.5 Å². The van der Waals surface area contributed by atoms with Gasteiger partial charge in [-0.15, -0.1) is 0 Å². The van der Waals surface area contributed by atoms with Gasteiger partial charge >= 0.3 is 0 Å². The Kier molecular flexibility index (Phi) is 4.26. The normalized spacial score (nSPS) is 10.6. The molecule has 0 aliphatic rings. The molecular formula is C16H16ClN3. The maximum atomic E-state index is 9.29. The average Bonchev–Trinajstić information content (AvgIpc) is 2.38. The van der Waals surface area contributed by atoms with Crippen LogP contribution in [0.2, 0.25) is 5.02 Å². The van der Waals surface area contributed by atoms with Crippen LogP contribution in [0.15, 0.2) is 30.3 Å². The van der Waals surface area contributed by atoms with Gasteiger partial charge in [-0.05, 0) is 36.1 Å². The van der Waals surface area contributed by atoms with Crippen LogP contribution < -0.4 is 5.73 Å². The second-order valence-corrected chi connectivity index (χ2v) is 5.57. The van der Waals surface area contributed by atoms with Crippen molar-refractivity contribution in [2.45, 2.75) is 20.3 Å². The van der Waals surface area contributed by atoms with Crippen LogP contribution in [0, 0.1) is 17.2 Å². The number of benzene rings is 1. The molecule has 0 fully saturated rings. The van der Waals surface area contributed by atoms with Gasteiger partial charge in [-0.2, -0.15) is 5.26 Å². The summed E-state index contributed by atoms with van der Waals surface area (Å²) in [6.45, 7) is 4.25. The molecule has 0 saturated heterocycles. The molecule has 0 saturated carbocycles. The number of pyridine rings is 1. The number of nitriles is 1. The first-order chi connectivity index (χ1) is 9.51. The monoisotopic (exact) mass is 285 g/mol. The summed E-state index contributed by atoms with van der Waals surface area (Å²) in [5.74, 6) is 0.767. The maximum absolute atomic E-state index is 9.29. The largest absolute Gasteiger partial charge is 0.383 e. The molecule has 2 rings (SSSR count). The van der Waals surface area contributed by atoms with E-state index in [2.05, 4.69) is 24.9 Å². The number of rotatable bonds is 3. The van der Waals surface area contributed by atoms with Crippen molar-refractivity contribution in [3.63, 3.8) is 0 Å². The summed E-state index contributed by atoms with van der Waals surface area (Å²) in [5, 5.41) is 9.96. The third-order valence-electron chi connectivity index (χ3n) is 2.98. The van der Waals surface area contributed by atoms with Crippen molar-refractivity contribution >= 4 is 17.4 Å². The minimum absolute atomic E-state index is 0.288. The van der Waals surface area contributed by atoms with Gasteiger partial charge in [0.05, 0.1) is 0 Å². The average molecular weight is 286 g/mol. The molecule has 0 spiro atoms. The molecule has 1 heterocycles. The van der Waals surface area contributed by atoms with Crippen molar-refractivity contribution in [2.75, 3.05) is 5.73 Å². The molecule has 2 N–H and O–H groups in total. The number of aromatic nitrogens is 1. The van der Waals surface area contributed by atoms with E-state index in [4.69, 9.17) is 17.3 Å². The van der Waals surface area contributed by atoms with Crippen LogP contribution in [0.3, 0.4) is 0 Å². The quantitative estimate of drug-likeness (QED) is 0.925. The van der Waals surface area contributed by atoms with Gasteiger partial charge in [0.1, 0.15) is 17.5 Å². The van der Waals surface area contributed by atoms with Crippen molar-refractivity contribution in [2.24, 2.45) is 5.92 Å². The summed E-state index contributed by atoms with van der Waals surface area (Å²) in [7, 11) is 0. The van der Waals surface area contributed by atoms with Crippen LogP contribution in [0.25, 0.3) is 11.1 Å². The molecule has 0 atom stereocenters. The number of nitrogens with zero attached hydrogens (tertiary/aromatic N) is 2. The summed E-state index contributed by atoms with van der Waals surface area (Å²) in [5.41, 5.74) is 8.97. The van der Waals surface area contributed by atoms with Gasteiger partial charge in [-0.1, -0.05) is 37.6 Å². The minimum atomic E-state index is 0.288. The fraction of sp³-hybridized carbons (Fsp3) is 0.250. The first-order valence-electron chi connectivity index (χ1n) is 6.46. The van der Waals surface area contributed by atoms with E-state index in [1.54, 1.807) is 12.1 Å². The van der Waals surface area contributed by atoms with E-state index in [9.17, 15) is 5.26 Å². The minimum Gasteiger partial charge on any atom is -0.383 e. The lowest BCUT2D eigenvalue weighted by atomic mass is 9.98. The number of nitrogens with two attached hydrogens (primary N) is 1. The standard InChI is InChI=1S/C16H16ClN3/c1-10(2)7-13-8-14(15(9-18)16(19)20-13)11-3-5-12(17)6-4-11/h3-6,8,10H,7H2,1-2H3,(H2,19,20). The van der Waals surface area contributed by atoms with Gasteiger partial charge in [0.15, 0.2) is 0 Å². The molecule has 0 aliphatic carbocycles. The Labute approximate surface area is 124 Å². The van der Waals surface area contributed by atoms with Gasteiger partial charge in [-0.3, -0.25) is 0 Å². The van der Waals surface area contributed by atoms with Gasteiger partial charge in [-0.25, -0.2) is 4.98 Å². The Hall–Kier alpha value is -2.05. The van der Waals surface area contributed by atoms with Crippen molar-refractivity contribution in [1.82, 2.24) is 4.98 Å². The van der Waals surface area contributed by atoms with Crippen LogP contribution in [0.1, 0.15) is 25.1 Å². The number of nitrogen functional groups attached to an aromatic ring is 1. The van der Waals surface area contributed by atoms with Crippen molar-refractivity contribution in [3.05, 3.63) is 46.6 Å². The van der Waals surface area contributed by atoms with E-state index in [0.717, 1.165) is 23.2 Å². The molecule has 1 aromatic carbocycles. The summed E-state index contributed by atoms with van der Waals surface area (Å²) in [4.78, 5) is 4.32. The second kappa shape index (κ2) is 5.94. The molecule has 0 aliphatic heterocycles. The third-order valence-corrected chi connectivity index (χ3v) is 3.24. The zero-order valence-electron chi connectivity index (χ0n) is 11.5. The van der Waals surface area contributed by atoms with Crippen molar-refractivity contribution in [3.8, 4) is 17.2 Å². The number of halogens is 1. The Morgan fingerprint density at radius 3 is 2.50 bits per heavy atom. The Morgan fingerprint density at radius 2 is 1.95 bits per heavy atom. The van der Waals surface area contributed by atoms with Crippen LogP contribution in [-0.4, -0.2) is 4.98 Å². The number of anilines is 1. The SMILES string of the molecule is CC(C)Cc1cc(-c2ccc(Cl)cc2)c(C#N)c(N)n1. The summed E-state index contributed by atoms with van der Waals surface area (Å²) in [6, 6.07) is 11.5. The lowest BCUT2D eigenvalue weighted by Crippen LogP contribution is -2.04. The van der Waals surface area contributed by atoms with E-state index in [-0.39, 0.29) is 5.82 Å². The molecular weight excluding hydrogens is 270 g/mol. The molecule has 102 valence electrons. The highest BCUT2D eigenvalue weighted by Crippen LogP contribution is 2.29. The maximum Gasteiger partial charge on any atom is 0.142 e. The van der Waals surface area contributed by atoms with Gasteiger partial charge in [0.25, 0.3) is 0 Å². The molecule has 3 nitrogen and oxygen atoms in total. The predicted molar refractivity (Wildman–Crippen MR) is 82.4 cm³/mol. The first kappa shape index (κ1) is 14.4. The van der Waals surface area contributed by atoms with Gasteiger partial charge in [0.2, 0.25) is 0 Å².